The second-order valence-electron chi connectivity index (χ2n) is 5.80. The molecule has 3 heterocycles. The lowest BCUT2D eigenvalue weighted by molar-refractivity contribution is 0.0713. The van der Waals surface area contributed by atoms with E-state index in [1.54, 1.807) is 22.1 Å². The number of carbonyl (C=O) groups excluding carboxylic acids is 2. The Bertz CT molecular complexity index is 759. The minimum Gasteiger partial charge on any atom is -0.347 e. The lowest BCUT2D eigenvalue weighted by Gasteiger charge is -2.22. The van der Waals surface area contributed by atoms with Crippen molar-refractivity contribution in [1.29, 1.82) is 0 Å². The normalized spacial score (nSPS) is 15.2. The van der Waals surface area contributed by atoms with Crippen LogP contribution in [-0.2, 0) is 7.05 Å². The molecule has 3 rings (SSSR count). The predicted molar refractivity (Wildman–Crippen MR) is 91.1 cm³/mol. The van der Waals surface area contributed by atoms with E-state index in [0.717, 1.165) is 6.42 Å². The van der Waals surface area contributed by atoms with Crippen LogP contribution in [0.5, 0.6) is 0 Å². The highest BCUT2D eigenvalue weighted by Gasteiger charge is 2.25. The standard InChI is InChI=1S/C17H19ClN4O2/c1-20-7-2-4-15(20)17(24)22-9-3-8-21(10-11-22)16(23)13-5-6-19-12-14(13)18/h2,4-7,12H,3,8-11H2,1H3. The molecular weight excluding hydrogens is 328 g/mol. The lowest BCUT2D eigenvalue weighted by Crippen LogP contribution is -2.38. The molecular formula is C17H19ClN4O2. The molecule has 0 atom stereocenters. The summed E-state index contributed by atoms with van der Waals surface area (Å²) in [5.74, 6) is -0.116. The van der Waals surface area contributed by atoms with E-state index >= 15 is 0 Å². The number of pyridine rings is 1. The van der Waals surface area contributed by atoms with E-state index in [0.29, 0.717) is 42.5 Å². The second kappa shape index (κ2) is 7.05. The van der Waals surface area contributed by atoms with Gasteiger partial charge >= 0.3 is 0 Å². The summed E-state index contributed by atoms with van der Waals surface area (Å²) < 4.78 is 1.81. The van der Waals surface area contributed by atoms with Crippen LogP contribution in [0.1, 0.15) is 27.3 Å². The van der Waals surface area contributed by atoms with Gasteiger partial charge in [-0.3, -0.25) is 14.6 Å². The molecule has 7 heteroatoms. The summed E-state index contributed by atoms with van der Waals surface area (Å²) in [6.45, 7) is 2.25. The Morgan fingerprint density at radius 1 is 1.08 bits per heavy atom. The smallest absolute Gasteiger partial charge is 0.270 e. The molecule has 0 bridgehead atoms. The molecule has 0 aliphatic carbocycles. The number of halogens is 1. The first-order chi connectivity index (χ1) is 11.6. The lowest BCUT2D eigenvalue weighted by atomic mass is 10.2. The maximum absolute atomic E-state index is 12.6. The van der Waals surface area contributed by atoms with Gasteiger partial charge in [0.25, 0.3) is 11.8 Å². The van der Waals surface area contributed by atoms with Gasteiger partial charge in [-0.2, -0.15) is 0 Å². The molecule has 1 aliphatic rings. The number of carbonyl (C=O) groups is 2. The number of hydrogen-bond acceptors (Lipinski definition) is 3. The minimum atomic E-state index is -0.115. The van der Waals surface area contributed by atoms with Crippen LogP contribution in [0.4, 0.5) is 0 Å². The number of aryl methyl sites for hydroxylation is 1. The molecule has 6 nitrogen and oxygen atoms in total. The van der Waals surface area contributed by atoms with E-state index in [4.69, 9.17) is 11.6 Å². The van der Waals surface area contributed by atoms with Gasteiger partial charge in [-0.1, -0.05) is 11.6 Å². The van der Waals surface area contributed by atoms with Gasteiger partial charge in [-0.25, -0.2) is 0 Å². The maximum Gasteiger partial charge on any atom is 0.270 e. The van der Waals surface area contributed by atoms with Crippen molar-refractivity contribution in [2.24, 2.45) is 7.05 Å². The van der Waals surface area contributed by atoms with E-state index in [9.17, 15) is 9.59 Å². The van der Waals surface area contributed by atoms with Crippen LogP contribution in [0, 0.1) is 0 Å². The van der Waals surface area contributed by atoms with Crippen molar-refractivity contribution >= 4 is 23.4 Å². The Morgan fingerprint density at radius 3 is 2.42 bits per heavy atom. The van der Waals surface area contributed by atoms with Crippen molar-refractivity contribution in [3.05, 3.63) is 53.1 Å². The van der Waals surface area contributed by atoms with Crippen molar-refractivity contribution in [2.45, 2.75) is 6.42 Å². The molecule has 0 spiro atoms. The van der Waals surface area contributed by atoms with Gasteiger partial charge in [-0.05, 0) is 24.6 Å². The Balaban J connectivity index is 1.69. The van der Waals surface area contributed by atoms with E-state index in [1.807, 2.05) is 29.9 Å². The van der Waals surface area contributed by atoms with Gasteiger partial charge in [0.15, 0.2) is 0 Å². The van der Waals surface area contributed by atoms with E-state index in [2.05, 4.69) is 4.98 Å². The fourth-order valence-corrected chi connectivity index (χ4v) is 3.09. The molecule has 0 aromatic carbocycles. The highest BCUT2D eigenvalue weighted by Crippen LogP contribution is 2.17. The van der Waals surface area contributed by atoms with Crippen LogP contribution in [0.15, 0.2) is 36.8 Å². The molecule has 0 radical (unpaired) electrons. The highest BCUT2D eigenvalue weighted by molar-refractivity contribution is 6.33. The average molecular weight is 347 g/mol. The Kier molecular flexibility index (Phi) is 4.85. The van der Waals surface area contributed by atoms with E-state index in [1.165, 1.54) is 6.20 Å². The summed E-state index contributed by atoms with van der Waals surface area (Å²) >= 11 is 6.07. The monoisotopic (exact) mass is 346 g/mol. The van der Waals surface area contributed by atoms with Crippen molar-refractivity contribution in [2.75, 3.05) is 26.2 Å². The number of amides is 2. The van der Waals surface area contributed by atoms with Crippen molar-refractivity contribution in [1.82, 2.24) is 19.4 Å². The van der Waals surface area contributed by atoms with Gasteiger partial charge in [0.2, 0.25) is 0 Å². The Labute approximate surface area is 145 Å². The molecule has 2 aromatic heterocycles. The number of nitrogens with zero attached hydrogens (tertiary/aromatic N) is 4. The predicted octanol–water partition coefficient (Wildman–Crippen LogP) is 2.06. The van der Waals surface area contributed by atoms with Crippen LogP contribution in [0.25, 0.3) is 0 Å². The summed E-state index contributed by atoms with van der Waals surface area (Å²) in [4.78, 5) is 32.7. The van der Waals surface area contributed by atoms with Crippen molar-refractivity contribution < 1.29 is 9.59 Å². The van der Waals surface area contributed by atoms with Crippen LogP contribution in [0.2, 0.25) is 5.02 Å². The Hall–Kier alpha value is -2.34. The number of rotatable bonds is 2. The first kappa shape index (κ1) is 16.5. The van der Waals surface area contributed by atoms with Gasteiger partial charge in [-0.15, -0.1) is 0 Å². The first-order valence-corrected chi connectivity index (χ1v) is 8.25. The molecule has 1 saturated heterocycles. The molecule has 2 aromatic rings. The summed E-state index contributed by atoms with van der Waals surface area (Å²) in [7, 11) is 1.85. The number of aromatic nitrogens is 2. The zero-order chi connectivity index (χ0) is 17.1. The highest BCUT2D eigenvalue weighted by atomic mass is 35.5. The van der Waals surface area contributed by atoms with Gasteiger partial charge in [0.1, 0.15) is 5.69 Å². The minimum absolute atomic E-state index is 0.00116. The fraction of sp³-hybridized carbons (Fsp3) is 0.353. The van der Waals surface area contributed by atoms with Gasteiger partial charge < -0.3 is 14.4 Å². The Morgan fingerprint density at radius 2 is 1.79 bits per heavy atom. The van der Waals surface area contributed by atoms with Crippen molar-refractivity contribution in [3.8, 4) is 0 Å². The van der Waals surface area contributed by atoms with Crippen LogP contribution in [0.3, 0.4) is 0 Å². The largest absolute Gasteiger partial charge is 0.347 e. The zero-order valence-corrected chi connectivity index (χ0v) is 14.2. The second-order valence-corrected chi connectivity index (χ2v) is 6.21. The topological polar surface area (TPSA) is 58.4 Å². The zero-order valence-electron chi connectivity index (χ0n) is 13.5. The molecule has 0 unspecified atom stereocenters. The summed E-state index contributed by atoms with van der Waals surface area (Å²) in [6, 6.07) is 5.29. The van der Waals surface area contributed by atoms with Gasteiger partial charge in [0.05, 0.1) is 10.6 Å². The third-order valence-corrected chi connectivity index (χ3v) is 4.54. The average Bonchev–Trinajstić information content (AvgIpc) is 2.86. The van der Waals surface area contributed by atoms with Crippen molar-refractivity contribution in [3.63, 3.8) is 0 Å². The third-order valence-electron chi connectivity index (χ3n) is 4.24. The molecule has 0 saturated carbocycles. The first-order valence-electron chi connectivity index (χ1n) is 7.87. The van der Waals surface area contributed by atoms with E-state index < -0.39 is 0 Å². The maximum atomic E-state index is 12.6. The molecule has 1 aliphatic heterocycles. The summed E-state index contributed by atoms with van der Waals surface area (Å²) in [5.41, 5.74) is 1.11. The molecule has 1 fully saturated rings. The fourth-order valence-electron chi connectivity index (χ4n) is 2.89. The summed E-state index contributed by atoms with van der Waals surface area (Å²) in [5, 5.41) is 0.350. The van der Waals surface area contributed by atoms with Gasteiger partial charge in [0, 0.05) is 51.8 Å². The summed E-state index contributed by atoms with van der Waals surface area (Å²) in [6.07, 6.45) is 5.62. The van der Waals surface area contributed by atoms with Crippen LogP contribution >= 0.6 is 11.6 Å². The van der Waals surface area contributed by atoms with E-state index in [-0.39, 0.29) is 11.8 Å². The molecule has 0 N–H and O–H groups in total. The third kappa shape index (κ3) is 3.28. The van der Waals surface area contributed by atoms with Crippen LogP contribution < -0.4 is 0 Å². The number of hydrogen-bond donors (Lipinski definition) is 0. The molecule has 24 heavy (non-hydrogen) atoms. The van der Waals surface area contributed by atoms with Crippen LogP contribution in [-0.4, -0.2) is 57.3 Å². The SMILES string of the molecule is Cn1cccc1C(=O)N1CCCN(C(=O)c2ccncc2Cl)CC1. The molecule has 126 valence electrons. The molecule has 2 amide bonds. The quantitative estimate of drug-likeness (QED) is 0.836.